The fraction of sp³-hybridized carbons (Fsp3) is 0.143. The first kappa shape index (κ1) is 19.3. The van der Waals surface area contributed by atoms with E-state index in [0.29, 0.717) is 21.3 Å². The van der Waals surface area contributed by atoms with E-state index in [1.54, 1.807) is 36.4 Å². The van der Waals surface area contributed by atoms with Crippen LogP contribution >= 0.6 is 22.9 Å². The molecule has 3 aromatic rings. The highest BCUT2D eigenvalue weighted by atomic mass is 35.5. The van der Waals surface area contributed by atoms with Crippen LogP contribution in [0, 0.1) is 6.92 Å². The number of nitrogens with zero attached hydrogens (tertiary/aromatic N) is 2. The molecule has 1 N–H and O–H groups in total. The zero-order chi connectivity index (χ0) is 20.5. The van der Waals surface area contributed by atoms with Gasteiger partial charge >= 0.3 is 0 Å². The summed E-state index contributed by atoms with van der Waals surface area (Å²) >= 11 is 7.29. The maximum absolute atomic E-state index is 12.4. The van der Waals surface area contributed by atoms with Gasteiger partial charge < -0.3 is 5.32 Å². The second-order valence-corrected chi connectivity index (χ2v) is 8.18. The van der Waals surface area contributed by atoms with E-state index in [9.17, 15) is 14.4 Å². The third-order valence-corrected chi connectivity index (χ3v) is 5.74. The second-order valence-electron chi connectivity index (χ2n) is 6.54. The minimum absolute atomic E-state index is 0.000371. The molecule has 6 nitrogen and oxygen atoms in total. The van der Waals surface area contributed by atoms with Gasteiger partial charge in [-0.2, -0.15) is 0 Å². The van der Waals surface area contributed by atoms with Gasteiger partial charge in [0.15, 0.2) is 5.13 Å². The number of amides is 3. The molecular formula is C21H16ClN3O3S. The lowest BCUT2D eigenvalue weighted by atomic mass is 10.1. The summed E-state index contributed by atoms with van der Waals surface area (Å²) in [5.41, 5.74) is 2.44. The predicted molar refractivity (Wildman–Crippen MR) is 112 cm³/mol. The Morgan fingerprint density at radius 1 is 1.07 bits per heavy atom. The molecule has 0 unspecified atom stereocenters. The Kier molecular flexibility index (Phi) is 5.17. The summed E-state index contributed by atoms with van der Waals surface area (Å²) in [7, 11) is 0. The monoisotopic (exact) mass is 425 g/mol. The lowest BCUT2D eigenvalue weighted by molar-refractivity contribution is -0.116. The molecule has 0 atom stereocenters. The topological polar surface area (TPSA) is 79.4 Å². The highest BCUT2D eigenvalue weighted by Crippen LogP contribution is 2.31. The number of fused-ring (bicyclic) bond motifs is 1. The highest BCUT2D eigenvalue weighted by Gasteiger charge is 2.35. The summed E-state index contributed by atoms with van der Waals surface area (Å²) in [5.74, 6) is -1.04. The Balaban J connectivity index is 1.40. The number of nitrogens with one attached hydrogen (secondary N) is 1. The molecule has 1 aromatic heterocycles. The summed E-state index contributed by atoms with van der Waals surface area (Å²) in [6.07, 6.45) is 0.000371. The average Bonchev–Trinajstić information content (AvgIpc) is 3.19. The molecule has 0 saturated carbocycles. The van der Waals surface area contributed by atoms with E-state index < -0.39 is 0 Å². The van der Waals surface area contributed by atoms with Gasteiger partial charge in [0, 0.05) is 28.4 Å². The quantitative estimate of drug-likeness (QED) is 0.614. The van der Waals surface area contributed by atoms with Gasteiger partial charge in [0.2, 0.25) is 5.91 Å². The van der Waals surface area contributed by atoms with Crippen molar-refractivity contribution in [3.63, 3.8) is 0 Å². The van der Waals surface area contributed by atoms with Crippen LogP contribution in [0.15, 0.2) is 48.5 Å². The zero-order valence-electron chi connectivity index (χ0n) is 15.4. The number of thiazole rings is 1. The van der Waals surface area contributed by atoms with Crippen molar-refractivity contribution >= 4 is 45.8 Å². The van der Waals surface area contributed by atoms with Crippen LogP contribution in [0.3, 0.4) is 0 Å². The standard InChI is InChI=1S/C21H16ClN3O3S/c1-12-18(13-6-8-14(22)9-7-13)24-21(29-12)23-17(26)10-11-25-19(27)15-4-2-3-5-16(15)20(25)28/h2-9H,10-11H2,1H3,(H,23,24,26). The minimum Gasteiger partial charge on any atom is -0.302 e. The smallest absolute Gasteiger partial charge is 0.261 e. The molecule has 8 heteroatoms. The zero-order valence-corrected chi connectivity index (χ0v) is 17.0. The molecule has 0 saturated heterocycles. The Labute approximate surface area is 176 Å². The summed E-state index contributed by atoms with van der Waals surface area (Å²) in [4.78, 5) is 43.6. The van der Waals surface area contributed by atoms with E-state index in [1.165, 1.54) is 11.3 Å². The molecule has 3 amide bonds. The Morgan fingerprint density at radius 3 is 2.31 bits per heavy atom. The van der Waals surface area contributed by atoms with Gasteiger partial charge in [0.25, 0.3) is 11.8 Å². The van der Waals surface area contributed by atoms with Crippen LogP contribution in [0.2, 0.25) is 5.02 Å². The van der Waals surface area contributed by atoms with Crippen LogP contribution in [0.5, 0.6) is 0 Å². The highest BCUT2D eigenvalue weighted by molar-refractivity contribution is 7.16. The third kappa shape index (κ3) is 3.79. The Bertz CT molecular complexity index is 1090. The number of halogens is 1. The number of imide groups is 1. The number of aryl methyl sites for hydroxylation is 1. The largest absolute Gasteiger partial charge is 0.302 e. The summed E-state index contributed by atoms with van der Waals surface area (Å²) in [5, 5.41) is 3.87. The molecule has 146 valence electrons. The first-order valence-corrected chi connectivity index (χ1v) is 10.1. The minimum atomic E-state index is -0.367. The van der Waals surface area contributed by atoms with Crippen molar-refractivity contribution in [2.45, 2.75) is 13.3 Å². The number of hydrogen-bond donors (Lipinski definition) is 1. The van der Waals surface area contributed by atoms with Crippen LogP contribution in [0.4, 0.5) is 5.13 Å². The lowest BCUT2D eigenvalue weighted by Crippen LogP contribution is -2.32. The molecule has 29 heavy (non-hydrogen) atoms. The van der Waals surface area contributed by atoms with E-state index >= 15 is 0 Å². The Morgan fingerprint density at radius 2 is 1.69 bits per heavy atom. The fourth-order valence-electron chi connectivity index (χ4n) is 3.16. The van der Waals surface area contributed by atoms with Gasteiger partial charge in [-0.1, -0.05) is 35.9 Å². The fourth-order valence-corrected chi connectivity index (χ4v) is 4.14. The normalized spacial score (nSPS) is 13.0. The van der Waals surface area contributed by atoms with Gasteiger partial charge in [0.05, 0.1) is 16.8 Å². The molecular weight excluding hydrogens is 410 g/mol. The lowest BCUT2D eigenvalue weighted by Gasteiger charge is -2.12. The number of hydrogen-bond acceptors (Lipinski definition) is 5. The van der Waals surface area contributed by atoms with E-state index in [1.807, 2.05) is 19.1 Å². The first-order valence-electron chi connectivity index (χ1n) is 8.92. The van der Waals surface area contributed by atoms with Crippen LogP contribution < -0.4 is 5.32 Å². The molecule has 0 spiro atoms. The van der Waals surface area contributed by atoms with Crippen molar-refractivity contribution in [3.05, 3.63) is 69.6 Å². The van der Waals surface area contributed by atoms with Crippen LogP contribution in [0.25, 0.3) is 11.3 Å². The maximum atomic E-state index is 12.4. The van der Waals surface area contributed by atoms with E-state index in [-0.39, 0.29) is 30.7 Å². The summed E-state index contributed by atoms with van der Waals surface area (Å²) in [6.45, 7) is 1.95. The number of carbonyl (C=O) groups excluding carboxylic acids is 3. The number of benzene rings is 2. The Hall–Kier alpha value is -3.03. The maximum Gasteiger partial charge on any atom is 0.261 e. The SMILES string of the molecule is Cc1sc(NC(=O)CCN2C(=O)c3ccccc3C2=O)nc1-c1ccc(Cl)cc1. The van der Waals surface area contributed by atoms with Gasteiger partial charge in [0.1, 0.15) is 0 Å². The van der Waals surface area contributed by atoms with Crippen molar-refractivity contribution < 1.29 is 14.4 Å². The van der Waals surface area contributed by atoms with Crippen LogP contribution in [0.1, 0.15) is 32.0 Å². The third-order valence-electron chi connectivity index (χ3n) is 4.60. The molecule has 4 rings (SSSR count). The molecule has 2 aromatic carbocycles. The molecule has 0 bridgehead atoms. The van der Waals surface area contributed by atoms with Gasteiger partial charge in [-0.05, 0) is 31.2 Å². The molecule has 2 heterocycles. The predicted octanol–water partition coefficient (Wildman–Crippen LogP) is 4.40. The molecule has 0 aliphatic carbocycles. The molecule has 1 aliphatic heterocycles. The number of anilines is 1. The van der Waals surface area contributed by atoms with Crippen molar-refractivity contribution in [3.8, 4) is 11.3 Å². The van der Waals surface area contributed by atoms with E-state index in [2.05, 4.69) is 10.3 Å². The average molecular weight is 426 g/mol. The summed E-state index contributed by atoms with van der Waals surface area (Å²) in [6, 6.07) is 14.0. The molecule has 0 fully saturated rings. The van der Waals surface area contributed by atoms with Crippen molar-refractivity contribution in [2.75, 3.05) is 11.9 Å². The van der Waals surface area contributed by atoms with Gasteiger partial charge in [-0.15, -0.1) is 11.3 Å². The van der Waals surface area contributed by atoms with Crippen LogP contribution in [-0.2, 0) is 4.79 Å². The van der Waals surface area contributed by atoms with Crippen molar-refractivity contribution in [1.29, 1.82) is 0 Å². The molecule has 0 radical (unpaired) electrons. The first-order chi connectivity index (χ1) is 13.9. The van der Waals surface area contributed by atoms with Gasteiger partial charge in [-0.25, -0.2) is 4.98 Å². The number of aromatic nitrogens is 1. The van der Waals surface area contributed by atoms with E-state index in [0.717, 1.165) is 21.0 Å². The number of carbonyl (C=O) groups is 3. The summed E-state index contributed by atoms with van der Waals surface area (Å²) < 4.78 is 0. The molecule has 1 aliphatic rings. The second kappa shape index (κ2) is 7.77. The van der Waals surface area contributed by atoms with Crippen molar-refractivity contribution in [1.82, 2.24) is 9.88 Å². The number of rotatable bonds is 5. The van der Waals surface area contributed by atoms with Gasteiger partial charge in [-0.3, -0.25) is 19.3 Å². The van der Waals surface area contributed by atoms with E-state index in [4.69, 9.17) is 11.6 Å². The van der Waals surface area contributed by atoms with Crippen molar-refractivity contribution in [2.24, 2.45) is 0 Å². The van der Waals surface area contributed by atoms with Crippen LogP contribution in [-0.4, -0.2) is 34.2 Å².